The van der Waals surface area contributed by atoms with Crippen LogP contribution in [0.5, 0.6) is 0 Å². The van der Waals surface area contributed by atoms with Gasteiger partial charge in [-0.15, -0.1) is 5.10 Å². The number of benzene rings is 2. The number of likely N-dealkylation sites (tertiary alicyclic amines) is 1. The summed E-state index contributed by atoms with van der Waals surface area (Å²) in [6, 6.07) is 12.4. The maximum atomic E-state index is 13.4. The van der Waals surface area contributed by atoms with Gasteiger partial charge in [0.15, 0.2) is 0 Å². The van der Waals surface area contributed by atoms with E-state index in [1.807, 2.05) is 6.07 Å². The largest absolute Gasteiger partial charge is 0.438 e. The van der Waals surface area contributed by atoms with Crippen molar-refractivity contribution in [3.63, 3.8) is 0 Å². The number of rotatable bonds is 5. The number of hydrogen-bond acceptors (Lipinski definition) is 4. The summed E-state index contributed by atoms with van der Waals surface area (Å²) in [7, 11) is 0. The van der Waals surface area contributed by atoms with Gasteiger partial charge in [0.2, 0.25) is 5.89 Å². The van der Waals surface area contributed by atoms with Gasteiger partial charge in [0.05, 0.1) is 0 Å². The van der Waals surface area contributed by atoms with Crippen LogP contribution in [0.3, 0.4) is 0 Å². The van der Waals surface area contributed by atoms with Crippen LogP contribution in [-0.2, 0) is 13.1 Å². The topological polar surface area (TPSA) is 51.3 Å². The third kappa shape index (κ3) is 3.98. The van der Waals surface area contributed by atoms with Gasteiger partial charge in [0.25, 0.3) is 0 Å². The van der Waals surface area contributed by atoms with Crippen molar-refractivity contribution in [3.8, 4) is 11.5 Å². The summed E-state index contributed by atoms with van der Waals surface area (Å²) in [5.41, 5.74) is 1.48. The summed E-state index contributed by atoms with van der Waals surface area (Å²) in [5, 5.41) is 4.24. The Bertz CT molecular complexity index is 981. The molecule has 1 aromatic heterocycles. The van der Waals surface area contributed by atoms with E-state index in [9.17, 15) is 13.6 Å². The molecule has 140 valence electrons. The molecule has 4 rings (SSSR count). The first-order valence-corrected chi connectivity index (χ1v) is 8.91. The predicted molar refractivity (Wildman–Crippen MR) is 96.0 cm³/mol. The fraction of sp³-hybridized carbons (Fsp3) is 0.300. The maximum absolute atomic E-state index is 13.4. The van der Waals surface area contributed by atoms with E-state index in [1.54, 1.807) is 12.1 Å². The highest BCUT2D eigenvalue weighted by Crippen LogP contribution is 2.22. The zero-order chi connectivity index (χ0) is 18.8. The molecule has 3 aromatic rings. The summed E-state index contributed by atoms with van der Waals surface area (Å²) in [5.74, 6) is -0.988. The van der Waals surface area contributed by atoms with E-state index >= 15 is 0 Å². The molecule has 0 bridgehead atoms. The molecule has 0 amide bonds. The lowest BCUT2D eigenvalue weighted by molar-refractivity contribution is 0.183. The van der Waals surface area contributed by atoms with E-state index in [2.05, 4.69) is 10.00 Å². The van der Waals surface area contributed by atoms with Gasteiger partial charge in [-0.3, -0.25) is 4.90 Å². The third-order valence-electron chi connectivity index (χ3n) is 4.87. The van der Waals surface area contributed by atoms with Gasteiger partial charge in [-0.2, -0.15) is 4.68 Å². The van der Waals surface area contributed by atoms with Crippen molar-refractivity contribution in [1.82, 2.24) is 14.7 Å². The molecular formula is C20H19F2N3O2. The molecule has 1 saturated heterocycles. The first kappa shape index (κ1) is 17.6. The van der Waals surface area contributed by atoms with Gasteiger partial charge in [0, 0.05) is 18.2 Å². The molecule has 0 saturated carbocycles. The molecule has 1 atom stereocenters. The van der Waals surface area contributed by atoms with Crippen LogP contribution >= 0.6 is 0 Å². The first-order chi connectivity index (χ1) is 13.1. The monoisotopic (exact) mass is 371 g/mol. The highest BCUT2D eigenvalue weighted by molar-refractivity contribution is 5.51. The van der Waals surface area contributed by atoms with Crippen molar-refractivity contribution in [2.24, 2.45) is 0 Å². The molecule has 0 N–H and O–H groups in total. The summed E-state index contributed by atoms with van der Waals surface area (Å²) in [6.45, 7) is 1.15. The molecule has 0 aliphatic carbocycles. The molecular weight excluding hydrogens is 352 g/mol. The second kappa shape index (κ2) is 7.44. The average Bonchev–Trinajstić information content (AvgIpc) is 3.23. The number of hydrogen-bond donors (Lipinski definition) is 0. The lowest BCUT2D eigenvalue weighted by Crippen LogP contribution is -2.36. The smallest absolute Gasteiger partial charge is 0.388 e. The van der Waals surface area contributed by atoms with Crippen molar-refractivity contribution in [2.45, 2.75) is 32.0 Å². The van der Waals surface area contributed by atoms with E-state index in [-0.39, 0.29) is 23.6 Å². The Morgan fingerprint density at radius 3 is 2.70 bits per heavy atom. The van der Waals surface area contributed by atoms with Crippen LogP contribution in [0.15, 0.2) is 57.7 Å². The molecule has 1 fully saturated rings. The Morgan fingerprint density at radius 1 is 1.11 bits per heavy atom. The predicted octanol–water partition coefficient (Wildman–Crippen LogP) is 3.45. The normalized spacial score (nSPS) is 17.5. The molecule has 0 radical (unpaired) electrons. The minimum atomic E-state index is -0.550. The summed E-state index contributed by atoms with van der Waals surface area (Å²) < 4.78 is 33.0. The minimum Gasteiger partial charge on any atom is -0.388 e. The van der Waals surface area contributed by atoms with Crippen molar-refractivity contribution in [1.29, 1.82) is 0 Å². The number of halogens is 2. The first-order valence-electron chi connectivity index (χ1n) is 8.91. The van der Waals surface area contributed by atoms with Crippen LogP contribution in [0.1, 0.15) is 18.4 Å². The Morgan fingerprint density at radius 2 is 1.93 bits per heavy atom. The fourth-order valence-corrected chi connectivity index (χ4v) is 3.53. The summed E-state index contributed by atoms with van der Waals surface area (Å²) in [6.07, 6.45) is 2.71. The summed E-state index contributed by atoms with van der Waals surface area (Å²) in [4.78, 5) is 14.3. The van der Waals surface area contributed by atoms with E-state index in [0.29, 0.717) is 12.2 Å². The highest BCUT2D eigenvalue weighted by Gasteiger charge is 2.26. The lowest BCUT2D eigenvalue weighted by Gasteiger charge is -2.23. The fourth-order valence-electron chi connectivity index (χ4n) is 3.53. The number of aromatic nitrogens is 2. The van der Waals surface area contributed by atoms with Gasteiger partial charge in [-0.1, -0.05) is 12.1 Å². The zero-order valence-electron chi connectivity index (χ0n) is 14.6. The second-order valence-electron chi connectivity index (χ2n) is 6.76. The standard InChI is InChI=1S/C20H19F2N3O2/c21-16-8-6-15(7-9-16)19-23-25(20(26)27-19)13-24-10-2-5-18(24)12-14-3-1-4-17(22)11-14/h1,3-4,6-9,11,18H,2,5,10,12-13H2. The maximum Gasteiger partial charge on any atom is 0.438 e. The van der Waals surface area contributed by atoms with E-state index in [1.165, 1.54) is 35.0 Å². The van der Waals surface area contributed by atoms with Crippen molar-refractivity contribution >= 4 is 0 Å². The van der Waals surface area contributed by atoms with Gasteiger partial charge in [-0.05, 0) is 61.2 Å². The summed E-state index contributed by atoms with van der Waals surface area (Å²) >= 11 is 0. The van der Waals surface area contributed by atoms with Crippen LogP contribution in [0.4, 0.5) is 8.78 Å². The molecule has 0 spiro atoms. The quantitative estimate of drug-likeness (QED) is 0.689. The third-order valence-corrected chi connectivity index (χ3v) is 4.87. The number of nitrogens with zero attached hydrogens (tertiary/aromatic N) is 3. The van der Waals surface area contributed by atoms with Crippen LogP contribution in [0, 0.1) is 11.6 Å². The zero-order valence-corrected chi connectivity index (χ0v) is 14.6. The van der Waals surface area contributed by atoms with Crippen LogP contribution < -0.4 is 5.76 Å². The van der Waals surface area contributed by atoms with Crippen molar-refractivity contribution in [2.75, 3.05) is 6.54 Å². The Kier molecular flexibility index (Phi) is 4.85. The van der Waals surface area contributed by atoms with Crippen molar-refractivity contribution < 1.29 is 13.2 Å². The molecule has 5 nitrogen and oxygen atoms in total. The lowest BCUT2D eigenvalue weighted by atomic mass is 10.0. The van der Waals surface area contributed by atoms with E-state index < -0.39 is 5.76 Å². The SMILES string of the molecule is O=c1oc(-c2ccc(F)cc2)nn1CN1CCCC1Cc1cccc(F)c1. The second-order valence-corrected chi connectivity index (χ2v) is 6.76. The van der Waals surface area contributed by atoms with E-state index in [0.717, 1.165) is 31.4 Å². The van der Waals surface area contributed by atoms with Crippen LogP contribution in [0.25, 0.3) is 11.5 Å². The minimum absolute atomic E-state index is 0.167. The molecule has 1 aliphatic rings. The Labute approximate surface area is 154 Å². The van der Waals surface area contributed by atoms with Crippen LogP contribution in [0.2, 0.25) is 0 Å². The Hall–Kier alpha value is -2.80. The van der Waals surface area contributed by atoms with Gasteiger partial charge in [-0.25, -0.2) is 13.6 Å². The highest BCUT2D eigenvalue weighted by atomic mass is 19.1. The van der Waals surface area contributed by atoms with Gasteiger partial charge in [0.1, 0.15) is 18.3 Å². The molecule has 2 heterocycles. The van der Waals surface area contributed by atoms with E-state index in [4.69, 9.17) is 4.42 Å². The van der Waals surface area contributed by atoms with Gasteiger partial charge < -0.3 is 4.42 Å². The van der Waals surface area contributed by atoms with Gasteiger partial charge >= 0.3 is 5.76 Å². The van der Waals surface area contributed by atoms with Crippen LogP contribution in [-0.4, -0.2) is 27.3 Å². The molecule has 2 aromatic carbocycles. The molecule has 1 aliphatic heterocycles. The molecule has 1 unspecified atom stereocenters. The van der Waals surface area contributed by atoms with Crippen molar-refractivity contribution in [3.05, 3.63) is 76.3 Å². The Balaban J connectivity index is 1.49. The molecule has 27 heavy (non-hydrogen) atoms. The molecule has 7 heteroatoms. The average molecular weight is 371 g/mol.